The third-order valence-electron chi connectivity index (χ3n) is 3.78. The van der Waals surface area contributed by atoms with Crippen LogP contribution in [-0.2, 0) is 0 Å². The van der Waals surface area contributed by atoms with Crippen LogP contribution in [0.4, 0.5) is 0 Å². The molecule has 2 rings (SSSR count). The lowest BCUT2D eigenvalue weighted by Gasteiger charge is -2.26. The Morgan fingerprint density at radius 2 is 2.00 bits per heavy atom. The van der Waals surface area contributed by atoms with Crippen molar-refractivity contribution in [2.24, 2.45) is 5.41 Å². The van der Waals surface area contributed by atoms with Gasteiger partial charge in [-0.15, -0.1) is 12.4 Å². The molecular weight excluding hydrogens is 184 g/mol. The first-order valence-electron chi connectivity index (χ1n) is 5.19. The van der Waals surface area contributed by atoms with Crippen molar-refractivity contribution in [3.8, 4) is 0 Å². The Morgan fingerprint density at radius 1 is 1.38 bits per heavy atom. The molecule has 1 N–H and O–H groups in total. The van der Waals surface area contributed by atoms with E-state index in [1.807, 2.05) is 0 Å². The second-order valence-corrected chi connectivity index (χ2v) is 4.41. The largest absolute Gasteiger partial charge is 0.317 e. The van der Waals surface area contributed by atoms with Crippen molar-refractivity contribution in [2.75, 3.05) is 26.7 Å². The molecule has 0 bridgehead atoms. The molecule has 0 radical (unpaired) electrons. The van der Waals surface area contributed by atoms with Crippen LogP contribution in [0.1, 0.15) is 26.2 Å². The van der Waals surface area contributed by atoms with Crippen molar-refractivity contribution in [3.63, 3.8) is 0 Å². The molecule has 1 heterocycles. The average Bonchev–Trinajstić information content (AvgIpc) is 2.80. The highest BCUT2D eigenvalue weighted by Crippen LogP contribution is 2.55. The van der Waals surface area contributed by atoms with Gasteiger partial charge >= 0.3 is 0 Å². The summed E-state index contributed by atoms with van der Waals surface area (Å²) in [5.41, 5.74) is 0.732. The van der Waals surface area contributed by atoms with Gasteiger partial charge in [-0.25, -0.2) is 0 Å². The summed E-state index contributed by atoms with van der Waals surface area (Å²) in [7, 11) is 2.27. The summed E-state index contributed by atoms with van der Waals surface area (Å²) in [4.78, 5) is 2.52. The smallest absolute Gasteiger partial charge is 0.0156 e. The lowest BCUT2D eigenvalue weighted by molar-refractivity contribution is 0.244. The Kier molecular flexibility index (Phi) is 3.61. The first-order chi connectivity index (χ1) is 5.78. The number of hydrogen-bond donors (Lipinski definition) is 1. The number of nitrogens with zero attached hydrogens (tertiary/aromatic N) is 1. The Balaban J connectivity index is 0.000000845. The molecule has 2 fully saturated rings. The zero-order chi connectivity index (χ0) is 8.60. The van der Waals surface area contributed by atoms with E-state index in [0.717, 1.165) is 11.5 Å². The summed E-state index contributed by atoms with van der Waals surface area (Å²) in [6.45, 7) is 5.95. The van der Waals surface area contributed by atoms with Crippen molar-refractivity contribution < 1.29 is 0 Å². The standard InChI is InChI=1S/C10H20N2.ClH/c1-3-12(2)9-8-10(9)4-6-11-7-5-10;/h9,11H,3-8H2,1-2H3;1H. The van der Waals surface area contributed by atoms with Crippen LogP contribution in [0.25, 0.3) is 0 Å². The summed E-state index contributed by atoms with van der Waals surface area (Å²) in [5.74, 6) is 0. The van der Waals surface area contributed by atoms with Gasteiger partial charge in [-0.05, 0) is 51.4 Å². The summed E-state index contributed by atoms with van der Waals surface area (Å²) in [6, 6.07) is 0.907. The van der Waals surface area contributed by atoms with E-state index < -0.39 is 0 Å². The van der Waals surface area contributed by atoms with Gasteiger partial charge in [0.2, 0.25) is 0 Å². The molecule has 1 saturated carbocycles. The first kappa shape index (κ1) is 11.3. The second kappa shape index (κ2) is 4.16. The van der Waals surface area contributed by atoms with E-state index >= 15 is 0 Å². The number of nitrogens with one attached hydrogen (secondary N) is 1. The molecule has 0 amide bonds. The topological polar surface area (TPSA) is 15.3 Å². The maximum absolute atomic E-state index is 3.44. The van der Waals surface area contributed by atoms with Crippen LogP contribution in [0, 0.1) is 5.41 Å². The lowest BCUT2D eigenvalue weighted by atomic mass is 9.93. The molecule has 2 nitrogen and oxygen atoms in total. The second-order valence-electron chi connectivity index (χ2n) is 4.41. The van der Waals surface area contributed by atoms with Gasteiger partial charge in [0.15, 0.2) is 0 Å². The molecule has 1 unspecified atom stereocenters. The minimum absolute atomic E-state index is 0. The van der Waals surface area contributed by atoms with Gasteiger partial charge in [-0.3, -0.25) is 0 Å². The maximum Gasteiger partial charge on any atom is 0.0156 e. The Labute approximate surface area is 87.5 Å². The van der Waals surface area contributed by atoms with Crippen LogP contribution in [0.5, 0.6) is 0 Å². The van der Waals surface area contributed by atoms with Crippen LogP contribution >= 0.6 is 12.4 Å². The van der Waals surface area contributed by atoms with Crippen LogP contribution in [0.15, 0.2) is 0 Å². The molecule has 1 saturated heterocycles. The fourth-order valence-corrected chi connectivity index (χ4v) is 2.63. The molecule has 0 aromatic carbocycles. The lowest BCUT2D eigenvalue weighted by Crippen LogP contribution is -2.34. The number of halogens is 1. The van der Waals surface area contributed by atoms with Gasteiger partial charge in [0.1, 0.15) is 0 Å². The molecule has 0 aromatic heterocycles. The summed E-state index contributed by atoms with van der Waals surface area (Å²) in [5, 5.41) is 3.44. The van der Waals surface area contributed by atoms with Gasteiger partial charge in [0.25, 0.3) is 0 Å². The zero-order valence-electron chi connectivity index (χ0n) is 8.68. The highest BCUT2D eigenvalue weighted by Gasteiger charge is 2.55. The third-order valence-corrected chi connectivity index (χ3v) is 3.78. The van der Waals surface area contributed by atoms with Crippen LogP contribution in [-0.4, -0.2) is 37.6 Å². The molecule has 1 aliphatic heterocycles. The van der Waals surface area contributed by atoms with E-state index in [4.69, 9.17) is 0 Å². The van der Waals surface area contributed by atoms with Crippen LogP contribution < -0.4 is 5.32 Å². The fourth-order valence-electron chi connectivity index (χ4n) is 2.63. The molecule has 1 aliphatic carbocycles. The zero-order valence-corrected chi connectivity index (χ0v) is 9.49. The van der Waals surface area contributed by atoms with Gasteiger partial charge in [-0.1, -0.05) is 6.92 Å². The highest BCUT2D eigenvalue weighted by atomic mass is 35.5. The van der Waals surface area contributed by atoms with Crippen molar-refractivity contribution in [3.05, 3.63) is 0 Å². The van der Waals surface area contributed by atoms with Gasteiger partial charge in [0, 0.05) is 6.04 Å². The molecular formula is C10H21ClN2. The predicted molar refractivity (Wildman–Crippen MR) is 58.5 cm³/mol. The van der Waals surface area contributed by atoms with E-state index in [-0.39, 0.29) is 12.4 Å². The van der Waals surface area contributed by atoms with E-state index in [9.17, 15) is 0 Å². The third kappa shape index (κ3) is 2.00. The Hall–Kier alpha value is 0.210. The maximum atomic E-state index is 3.44. The summed E-state index contributed by atoms with van der Waals surface area (Å²) >= 11 is 0. The molecule has 1 atom stereocenters. The first-order valence-corrected chi connectivity index (χ1v) is 5.19. The number of hydrogen-bond acceptors (Lipinski definition) is 2. The van der Waals surface area contributed by atoms with Crippen molar-refractivity contribution in [1.82, 2.24) is 10.2 Å². The van der Waals surface area contributed by atoms with E-state index in [1.165, 1.54) is 38.9 Å². The summed E-state index contributed by atoms with van der Waals surface area (Å²) in [6.07, 6.45) is 4.27. The quantitative estimate of drug-likeness (QED) is 0.734. The molecule has 3 heteroatoms. The molecule has 1 spiro atoms. The van der Waals surface area contributed by atoms with Gasteiger partial charge in [-0.2, -0.15) is 0 Å². The predicted octanol–water partition coefficient (Wildman–Crippen LogP) is 1.50. The van der Waals surface area contributed by atoms with Crippen molar-refractivity contribution in [1.29, 1.82) is 0 Å². The molecule has 0 aromatic rings. The Bertz CT molecular complexity index is 166. The normalized spacial score (nSPS) is 30.2. The summed E-state index contributed by atoms with van der Waals surface area (Å²) < 4.78 is 0. The monoisotopic (exact) mass is 204 g/mol. The van der Waals surface area contributed by atoms with Crippen LogP contribution in [0.2, 0.25) is 0 Å². The SMILES string of the molecule is CCN(C)C1CC12CCNCC2.Cl. The van der Waals surface area contributed by atoms with Crippen LogP contribution in [0.3, 0.4) is 0 Å². The van der Waals surface area contributed by atoms with Gasteiger partial charge < -0.3 is 10.2 Å². The molecule has 78 valence electrons. The minimum atomic E-state index is 0. The Morgan fingerprint density at radius 3 is 2.54 bits per heavy atom. The van der Waals surface area contributed by atoms with E-state index in [1.54, 1.807) is 0 Å². The highest BCUT2D eigenvalue weighted by molar-refractivity contribution is 5.85. The molecule has 13 heavy (non-hydrogen) atoms. The van der Waals surface area contributed by atoms with Crippen molar-refractivity contribution in [2.45, 2.75) is 32.2 Å². The average molecular weight is 205 g/mol. The number of piperidine rings is 1. The minimum Gasteiger partial charge on any atom is -0.317 e. The number of rotatable bonds is 2. The fraction of sp³-hybridized carbons (Fsp3) is 1.00. The van der Waals surface area contributed by atoms with E-state index in [0.29, 0.717) is 0 Å². The van der Waals surface area contributed by atoms with Gasteiger partial charge in [0.05, 0.1) is 0 Å². The van der Waals surface area contributed by atoms with Crippen molar-refractivity contribution >= 4 is 12.4 Å². The van der Waals surface area contributed by atoms with E-state index in [2.05, 4.69) is 24.2 Å². The molecule has 2 aliphatic rings.